The smallest absolute Gasteiger partial charge is 0.214 e. The van der Waals surface area contributed by atoms with Crippen LogP contribution in [0.25, 0.3) is 0 Å². The number of sulfone groups is 1. The number of hydrogen-bond donors (Lipinski definition) is 0. The van der Waals surface area contributed by atoms with Crippen LogP contribution in [0.4, 0.5) is 0 Å². The zero-order chi connectivity index (χ0) is 27.6. The molecule has 0 heterocycles. The SMILES string of the molecule is C=C(C)COc1ccc(S(=O)(=O)c2ccc(OCC(=C)C)c(OCC)c2OCC)c(OCC)c1OCC. The van der Waals surface area contributed by atoms with Gasteiger partial charge in [0.15, 0.2) is 23.0 Å². The molecule has 0 unspecified atom stereocenters. The lowest BCUT2D eigenvalue weighted by Crippen LogP contribution is -2.12. The lowest BCUT2D eigenvalue weighted by Gasteiger charge is -2.21. The minimum Gasteiger partial charge on any atom is -0.489 e. The summed E-state index contributed by atoms with van der Waals surface area (Å²) >= 11 is 0. The molecule has 204 valence electrons. The molecule has 0 aliphatic rings. The Morgan fingerprint density at radius 3 is 1.22 bits per heavy atom. The summed E-state index contributed by atoms with van der Waals surface area (Å²) in [6.07, 6.45) is 0. The topological polar surface area (TPSA) is 89.5 Å². The van der Waals surface area contributed by atoms with Gasteiger partial charge in [-0.05, 0) is 77.0 Å². The van der Waals surface area contributed by atoms with Gasteiger partial charge in [0.25, 0.3) is 0 Å². The van der Waals surface area contributed by atoms with E-state index in [1.54, 1.807) is 39.8 Å². The Kier molecular flexibility index (Phi) is 11.2. The Morgan fingerprint density at radius 2 is 0.919 bits per heavy atom. The van der Waals surface area contributed by atoms with Crippen molar-refractivity contribution in [2.45, 2.75) is 51.3 Å². The lowest BCUT2D eigenvalue weighted by molar-refractivity contribution is 0.257. The second-order valence-corrected chi connectivity index (χ2v) is 10.1. The maximum Gasteiger partial charge on any atom is 0.214 e. The third-order valence-corrected chi connectivity index (χ3v) is 6.56. The van der Waals surface area contributed by atoms with Gasteiger partial charge in [0.1, 0.15) is 23.0 Å². The first-order chi connectivity index (χ1) is 17.6. The molecule has 0 radical (unpaired) electrons. The highest BCUT2D eigenvalue weighted by Gasteiger charge is 2.33. The van der Waals surface area contributed by atoms with E-state index in [1.165, 1.54) is 12.1 Å². The van der Waals surface area contributed by atoms with Crippen molar-refractivity contribution in [1.29, 1.82) is 0 Å². The van der Waals surface area contributed by atoms with Crippen LogP contribution < -0.4 is 28.4 Å². The van der Waals surface area contributed by atoms with Gasteiger partial charge in [0.2, 0.25) is 21.3 Å². The van der Waals surface area contributed by atoms with Gasteiger partial charge in [-0.25, -0.2) is 8.42 Å². The molecule has 0 amide bonds. The van der Waals surface area contributed by atoms with Crippen molar-refractivity contribution in [2.24, 2.45) is 0 Å². The second-order valence-electron chi connectivity index (χ2n) is 8.17. The molecule has 8 nitrogen and oxygen atoms in total. The summed E-state index contributed by atoms with van der Waals surface area (Å²) in [5.74, 6) is 1.25. The van der Waals surface area contributed by atoms with Gasteiger partial charge in [-0.1, -0.05) is 13.2 Å². The molecule has 0 N–H and O–H groups in total. The standard InChI is InChI=1S/C28H38O8S/c1-9-31-25-21(35-17-19(5)6)13-15-23(27(25)33-11-3)37(29,30)24-16-14-22(36-18-20(7)8)26(32-10-2)28(24)34-12-4/h13-16H,5,7,9-12,17-18H2,1-4,6,8H3. The molecule has 9 heteroatoms. The number of benzene rings is 2. The maximum atomic E-state index is 14.1. The minimum absolute atomic E-state index is 0.0617. The van der Waals surface area contributed by atoms with Gasteiger partial charge in [0, 0.05) is 0 Å². The zero-order valence-electron chi connectivity index (χ0n) is 22.6. The molecule has 2 rings (SSSR count). The molecule has 2 aromatic rings. The number of hydrogen-bond acceptors (Lipinski definition) is 8. The van der Waals surface area contributed by atoms with Crippen molar-refractivity contribution in [1.82, 2.24) is 0 Å². The quantitative estimate of drug-likeness (QED) is 0.241. The third-order valence-electron chi connectivity index (χ3n) is 4.76. The molecule has 0 aliphatic carbocycles. The lowest BCUT2D eigenvalue weighted by atomic mass is 10.2. The average Bonchev–Trinajstić information content (AvgIpc) is 2.84. The Hall–Kier alpha value is -3.33. The van der Waals surface area contributed by atoms with Gasteiger partial charge < -0.3 is 28.4 Å². The van der Waals surface area contributed by atoms with Crippen LogP contribution in [0.5, 0.6) is 34.5 Å². The van der Waals surface area contributed by atoms with Crippen molar-refractivity contribution < 1.29 is 36.8 Å². The summed E-state index contributed by atoms with van der Waals surface area (Å²) in [6.45, 7) is 19.9. The first-order valence-corrected chi connectivity index (χ1v) is 13.7. The predicted molar refractivity (Wildman–Crippen MR) is 144 cm³/mol. The largest absolute Gasteiger partial charge is 0.489 e. The Morgan fingerprint density at radius 1 is 0.595 bits per heavy atom. The van der Waals surface area contributed by atoms with Crippen molar-refractivity contribution in [3.05, 3.63) is 48.6 Å². The molecule has 0 spiro atoms. The van der Waals surface area contributed by atoms with Crippen molar-refractivity contribution in [2.75, 3.05) is 39.6 Å². The molecule has 0 fully saturated rings. The molecule has 37 heavy (non-hydrogen) atoms. The fraction of sp³-hybridized carbons (Fsp3) is 0.429. The average molecular weight is 535 g/mol. The summed E-state index contributed by atoms with van der Waals surface area (Å²) in [5.41, 5.74) is 1.60. The highest BCUT2D eigenvalue weighted by atomic mass is 32.2. The highest BCUT2D eigenvalue weighted by molar-refractivity contribution is 7.91. The molecule has 0 saturated carbocycles. The minimum atomic E-state index is -4.18. The molecule has 2 aromatic carbocycles. The normalized spacial score (nSPS) is 11.0. The van der Waals surface area contributed by atoms with Crippen LogP contribution in [0.15, 0.2) is 58.4 Å². The Bertz CT molecular complexity index is 1110. The molecular weight excluding hydrogens is 496 g/mol. The molecule has 0 saturated heterocycles. The molecule has 0 bridgehead atoms. The summed E-state index contributed by atoms with van der Waals surface area (Å²) in [6, 6.07) is 5.99. The zero-order valence-corrected chi connectivity index (χ0v) is 23.5. The van der Waals surface area contributed by atoms with Gasteiger partial charge in [-0.2, -0.15) is 0 Å². The van der Waals surface area contributed by atoms with E-state index in [2.05, 4.69) is 13.2 Å². The van der Waals surface area contributed by atoms with Crippen LogP contribution in [0.1, 0.15) is 41.5 Å². The van der Waals surface area contributed by atoms with Gasteiger partial charge in [0.05, 0.1) is 26.4 Å². The Balaban J connectivity index is 2.79. The first-order valence-electron chi connectivity index (χ1n) is 12.3. The summed E-state index contributed by atoms with van der Waals surface area (Å²) in [7, 11) is -4.18. The third kappa shape index (κ3) is 7.35. The Labute approximate surface area is 220 Å². The van der Waals surface area contributed by atoms with E-state index in [9.17, 15) is 8.42 Å². The van der Waals surface area contributed by atoms with E-state index >= 15 is 0 Å². The molecule has 0 atom stereocenters. The van der Waals surface area contributed by atoms with Gasteiger partial charge in [-0.3, -0.25) is 0 Å². The van der Waals surface area contributed by atoms with Crippen LogP contribution in [0.2, 0.25) is 0 Å². The highest BCUT2D eigenvalue weighted by Crippen LogP contribution is 2.48. The van der Waals surface area contributed by atoms with E-state index in [4.69, 9.17) is 28.4 Å². The monoisotopic (exact) mass is 534 g/mol. The molecular formula is C28H38O8S. The molecule has 0 aliphatic heterocycles. The van der Waals surface area contributed by atoms with Gasteiger partial charge >= 0.3 is 0 Å². The predicted octanol–water partition coefficient (Wildman–Crippen LogP) is 6.02. The van der Waals surface area contributed by atoms with Crippen molar-refractivity contribution in [3.63, 3.8) is 0 Å². The van der Waals surface area contributed by atoms with Crippen LogP contribution in [0, 0.1) is 0 Å². The van der Waals surface area contributed by atoms with E-state index in [1.807, 2.05) is 13.8 Å². The second kappa shape index (κ2) is 13.8. The van der Waals surface area contributed by atoms with E-state index in [-0.39, 0.29) is 72.4 Å². The van der Waals surface area contributed by atoms with Crippen LogP contribution in [0.3, 0.4) is 0 Å². The fourth-order valence-electron chi connectivity index (χ4n) is 3.35. The summed E-state index contributed by atoms with van der Waals surface area (Å²) < 4.78 is 63.1. The fourth-order valence-corrected chi connectivity index (χ4v) is 4.87. The summed E-state index contributed by atoms with van der Waals surface area (Å²) in [4.78, 5) is -0.168. The van der Waals surface area contributed by atoms with Crippen LogP contribution in [-0.2, 0) is 9.84 Å². The number of rotatable bonds is 16. The van der Waals surface area contributed by atoms with E-state index < -0.39 is 9.84 Å². The summed E-state index contributed by atoms with van der Waals surface area (Å²) in [5, 5.41) is 0. The van der Waals surface area contributed by atoms with Crippen LogP contribution >= 0.6 is 0 Å². The van der Waals surface area contributed by atoms with Crippen LogP contribution in [-0.4, -0.2) is 48.1 Å². The van der Waals surface area contributed by atoms with E-state index in [0.717, 1.165) is 11.1 Å². The first kappa shape index (κ1) is 29.9. The van der Waals surface area contributed by atoms with E-state index in [0.29, 0.717) is 11.5 Å². The molecule has 0 aromatic heterocycles. The van der Waals surface area contributed by atoms with Crippen molar-refractivity contribution >= 4 is 9.84 Å². The number of ether oxygens (including phenoxy) is 6. The van der Waals surface area contributed by atoms with Gasteiger partial charge in [-0.15, -0.1) is 0 Å². The maximum absolute atomic E-state index is 14.1. The van der Waals surface area contributed by atoms with Crippen molar-refractivity contribution in [3.8, 4) is 34.5 Å².